The van der Waals surface area contributed by atoms with Crippen LogP contribution in [-0.4, -0.2) is 64.8 Å². The van der Waals surface area contributed by atoms with Crippen molar-refractivity contribution in [2.45, 2.75) is 75.7 Å². The molecule has 4 aliphatic rings. The van der Waals surface area contributed by atoms with Crippen molar-refractivity contribution in [1.82, 2.24) is 4.90 Å². The molecule has 2 saturated carbocycles. The van der Waals surface area contributed by atoms with Gasteiger partial charge >= 0.3 is 6.16 Å². The summed E-state index contributed by atoms with van der Waals surface area (Å²) < 4.78 is 11.0. The van der Waals surface area contributed by atoms with Gasteiger partial charge in [0.25, 0.3) is 0 Å². The van der Waals surface area contributed by atoms with Gasteiger partial charge in [-0.25, -0.2) is 4.79 Å². The van der Waals surface area contributed by atoms with Gasteiger partial charge in [0.15, 0.2) is 0 Å². The number of carbonyl (C=O) groups is 1. The third-order valence-electron chi connectivity index (χ3n) is 11.1. The average molecular weight is 584 g/mol. The molecule has 6 rings (SSSR count). The highest BCUT2D eigenvalue weighted by molar-refractivity contribution is 6.32. The molecule has 2 aromatic rings. The number of rotatable bonds is 8. The van der Waals surface area contributed by atoms with Crippen LogP contribution in [0, 0.1) is 17.3 Å². The Bertz CT molecular complexity index is 1260. The number of aliphatic hydroxyl groups is 1. The van der Waals surface area contributed by atoms with Crippen LogP contribution in [0.5, 0.6) is 11.5 Å². The van der Waals surface area contributed by atoms with Crippen LogP contribution in [0.2, 0.25) is 5.02 Å². The molecule has 1 heterocycles. The number of hydrogen-bond acceptors (Lipinski definition) is 6. The first-order valence-corrected chi connectivity index (χ1v) is 15.6. The Morgan fingerprint density at radius 2 is 1.85 bits per heavy atom. The van der Waals surface area contributed by atoms with Crippen molar-refractivity contribution in [2.75, 3.05) is 32.8 Å². The maximum Gasteiger partial charge on any atom is 0.505 e. The van der Waals surface area contributed by atoms with E-state index in [-0.39, 0.29) is 29.6 Å². The van der Waals surface area contributed by atoms with Gasteiger partial charge in [0.2, 0.25) is 0 Å². The average Bonchev–Trinajstić information content (AvgIpc) is 3.56. The normalized spacial score (nSPS) is 32.7. The van der Waals surface area contributed by atoms with E-state index in [2.05, 4.69) is 42.2 Å². The topological polar surface area (TPSA) is 99.5 Å². The van der Waals surface area contributed by atoms with Crippen LogP contribution in [0.15, 0.2) is 36.4 Å². The Hall–Kier alpha value is -2.48. The predicted molar refractivity (Wildman–Crippen MR) is 157 cm³/mol. The summed E-state index contributed by atoms with van der Waals surface area (Å²) in [4.78, 5) is 13.5. The summed E-state index contributed by atoms with van der Waals surface area (Å²) in [6.07, 6.45) is 5.60. The summed E-state index contributed by atoms with van der Waals surface area (Å²) in [5, 5.41) is 31.9. The summed E-state index contributed by atoms with van der Waals surface area (Å²) in [5.74, 6) is 1.99. The standard InChI is InChI=1S/C33H42ClNO6/c1-32-20-26(21-4-6-22(7-5-21)40-19-17-35-15-2-3-16-35)29-23-10-11-28(36)30(34)24(23)8-9-25(29)27(32)12-13-33(32,39)14-18-41-31(37)38/h4-7,10-11,25-27,29,36,39H,2-3,8-9,12-20H2,1H3,(H,37,38)/t25-,26+,27-,29+,32-,33+/m0/s1. The van der Waals surface area contributed by atoms with Gasteiger partial charge in [0.05, 0.1) is 17.2 Å². The zero-order chi connectivity index (χ0) is 28.8. The van der Waals surface area contributed by atoms with Gasteiger partial charge in [-0.3, -0.25) is 4.90 Å². The van der Waals surface area contributed by atoms with E-state index in [0.717, 1.165) is 56.6 Å². The summed E-state index contributed by atoms with van der Waals surface area (Å²) in [7, 11) is 0. The number of ether oxygens (including phenoxy) is 2. The molecule has 3 aliphatic carbocycles. The van der Waals surface area contributed by atoms with E-state index in [1.54, 1.807) is 6.07 Å². The first-order valence-electron chi connectivity index (χ1n) is 15.2. The smallest absolute Gasteiger partial charge is 0.505 e. The van der Waals surface area contributed by atoms with Gasteiger partial charge in [-0.05, 0) is 117 Å². The molecular formula is C33H42ClNO6. The van der Waals surface area contributed by atoms with Crippen molar-refractivity contribution in [3.63, 3.8) is 0 Å². The van der Waals surface area contributed by atoms with E-state index in [1.165, 1.54) is 24.0 Å². The second-order valence-corrected chi connectivity index (χ2v) is 13.3. The number of aromatic hydroxyl groups is 1. The van der Waals surface area contributed by atoms with Crippen LogP contribution in [-0.2, 0) is 11.2 Å². The number of phenolic OH excluding ortho intramolecular Hbond substituents is 1. The fourth-order valence-electron chi connectivity index (χ4n) is 8.99. The Morgan fingerprint density at radius 1 is 1.10 bits per heavy atom. The second kappa shape index (κ2) is 11.3. The Morgan fingerprint density at radius 3 is 2.59 bits per heavy atom. The maximum absolute atomic E-state index is 12.1. The lowest BCUT2D eigenvalue weighted by atomic mass is 9.49. The zero-order valence-electron chi connectivity index (χ0n) is 23.9. The Balaban J connectivity index is 1.30. The van der Waals surface area contributed by atoms with E-state index >= 15 is 0 Å². The van der Waals surface area contributed by atoms with E-state index in [9.17, 15) is 15.0 Å². The minimum Gasteiger partial charge on any atom is -0.506 e. The lowest BCUT2D eigenvalue weighted by Gasteiger charge is -2.56. The molecule has 0 spiro atoms. The molecule has 222 valence electrons. The molecule has 8 heteroatoms. The van der Waals surface area contributed by atoms with Crippen molar-refractivity contribution in [3.8, 4) is 11.5 Å². The molecule has 0 bridgehead atoms. The Kier molecular flexibility index (Phi) is 7.90. The molecular weight excluding hydrogens is 542 g/mol. The highest BCUT2D eigenvalue weighted by Crippen LogP contribution is 2.68. The zero-order valence-corrected chi connectivity index (χ0v) is 24.6. The molecule has 2 aromatic carbocycles. The summed E-state index contributed by atoms with van der Waals surface area (Å²) in [5.41, 5.74) is 2.09. The predicted octanol–water partition coefficient (Wildman–Crippen LogP) is 6.59. The molecule has 41 heavy (non-hydrogen) atoms. The van der Waals surface area contributed by atoms with E-state index in [1.807, 2.05) is 0 Å². The van der Waals surface area contributed by atoms with Crippen molar-refractivity contribution in [1.29, 1.82) is 0 Å². The third-order valence-corrected chi connectivity index (χ3v) is 11.5. The Labute approximate surface area is 247 Å². The fraction of sp³-hybridized carbons (Fsp3) is 0.606. The molecule has 1 saturated heterocycles. The number of hydrogen-bond donors (Lipinski definition) is 3. The highest BCUT2D eigenvalue weighted by atomic mass is 35.5. The summed E-state index contributed by atoms with van der Waals surface area (Å²) >= 11 is 6.65. The van der Waals surface area contributed by atoms with Gasteiger partial charge in [-0.2, -0.15) is 0 Å². The van der Waals surface area contributed by atoms with Crippen LogP contribution in [0.3, 0.4) is 0 Å². The molecule has 1 aliphatic heterocycles. The lowest BCUT2D eigenvalue weighted by Crippen LogP contribution is -2.53. The second-order valence-electron chi connectivity index (χ2n) is 12.9. The van der Waals surface area contributed by atoms with Gasteiger partial charge in [0, 0.05) is 18.4 Å². The van der Waals surface area contributed by atoms with E-state index < -0.39 is 11.8 Å². The number of carboxylic acid groups (broad SMARTS) is 1. The minimum absolute atomic E-state index is 0.00587. The van der Waals surface area contributed by atoms with Crippen LogP contribution >= 0.6 is 11.6 Å². The molecule has 3 N–H and O–H groups in total. The molecule has 0 aromatic heterocycles. The number of benzene rings is 2. The lowest BCUT2D eigenvalue weighted by molar-refractivity contribution is -0.119. The molecule has 0 unspecified atom stereocenters. The van der Waals surface area contributed by atoms with E-state index in [4.69, 9.17) is 26.2 Å². The molecule has 3 fully saturated rings. The van der Waals surface area contributed by atoms with Crippen LogP contribution in [0.1, 0.15) is 80.4 Å². The summed E-state index contributed by atoms with van der Waals surface area (Å²) in [6, 6.07) is 12.3. The summed E-state index contributed by atoms with van der Waals surface area (Å²) in [6.45, 7) is 6.14. The van der Waals surface area contributed by atoms with Crippen molar-refractivity contribution < 1.29 is 29.6 Å². The first kappa shape index (κ1) is 28.6. The number of fused-ring (bicyclic) bond motifs is 5. The minimum atomic E-state index is -1.30. The molecule has 0 amide bonds. The molecule has 0 radical (unpaired) electrons. The third kappa shape index (κ3) is 5.19. The van der Waals surface area contributed by atoms with Gasteiger partial charge in [0.1, 0.15) is 18.1 Å². The highest BCUT2D eigenvalue weighted by Gasteiger charge is 2.63. The van der Waals surface area contributed by atoms with Crippen LogP contribution in [0.25, 0.3) is 0 Å². The monoisotopic (exact) mass is 583 g/mol. The largest absolute Gasteiger partial charge is 0.506 e. The maximum atomic E-state index is 12.1. The van der Waals surface area contributed by atoms with Crippen molar-refractivity contribution in [3.05, 3.63) is 58.1 Å². The van der Waals surface area contributed by atoms with E-state index in [0.29, 0.717) is 36.3 Å². The number of halogens is 1. The van der Waals surface area contributed by atoms with Crippen molar-refractivity contribution in [2.24, 2.45) is 17.3 Å². The number of nitrogens with zero attached hydrogens (tertiary/aromatic N) is 1. The van der Waals surface area contributed by atoms with Crippen molar-refractivity contribution >= 4 is 17.8 Å². The first-order chi connectivity index (χ1) is 19.7. The van der Waals surface area contributed by atoms with Gasteiger partial charge in [-0.15, -0.1) is 0 Å². The quantitative estimate of drug-likeness (QED) is 0.302. The van der Waals surface area contributed by atoms with Gasteiger partial charge in [-0.1, -0.05) is 36.7 Å². The molecule has 6 atom stereocenters. The van der Waals surface area contributed by atoms with Crippen LogP contribution < -0.4 is 4.74 Å². The fourth-order valence-corrected chi connectivity index (χ4v) is 9.25. The van der Waals surface area contributed by atoms with Crippen LogP contribution in [0.4, 0.5) is 4.79 Å². The number of likely N-dealkylation sites (tertiary alicyclic amines) is 1. The number of phenols is 1. The molecule has 7 nitrogen and oxygen atoms in total. The SMILES string of the molecule is C[C@]12C[C@H](c3ccc(OCCN4CCCC4)cc3)[C@@H]3c4ccc(O)c(Cl)c4CC[C@H]3[C@@H]1CC[C@@]2(O)CCOC(=O)O. The van der Waals surface area contributed by atoms with Gasteiger partial charge < -0.3 is 24.8 Å².